The van der Waals surface area contributed by atoms with Gasteiger partial charge in [-0.2, -0.15) is 0 Å². The van der Waals surface area contributed by atoms with Crippen LogP contribution in [0.3, 0.4) is 0 Å². The molecule has 0 bridgehead atoms. The van der Waals surface area contributed by atoms with Crippen molar-refractivity contribution < 1.29 is 4.79 Å². The summed E-state index contributed by atoms with van der Waals surface area (Å²) in [5, 5.41) is 12.6. The SMILES string of the molecule is CCCCNC(=S)NCc1ccc(NC(=O)NC(C)C)cc1. The highest BCUT2D eigenvalue weighted by Gasteiger charge is 2.03. The van der Waals surface area contributed by atoms with E-state index in [1.165, 1.54) is 0 Å². The summed E-state index contributed by atoms with van der Waals surface area (Å²) in [6, 6.07) is 7.61. The number of benzene rings is 1. The average Bonchev–Trinajstić information content (AvgIpc) is 2.46. The number of nitrogens with one attached hydrogen (secondary N) is 4. The molecule has 0 unspecified atom stereocenters. The van der Waals surface area contributed by atoms with Crippen LogP contribution in [-0.2, 0) is 6.54 Å². The summed E-state index contributed by atoms with van der Waals surface area (Å²) in [5.74, 6) is 0. The van der Waals surface area contributed by atoms with Crippen molar-refractivity contribution in [1.29, 1.82) is 0 Å². The van der Waals surface area contributed by atoms with Crippen molar-refractivity contribution in [3.63, 3.8) is 0 Å². The summed E-state index contributed by atoms with van der Waals surface area (Å²) in [4.78, 5) is 11.6. The van der Waals surface area contributed by atoms with E-state index in [2.05, 4.69) is 28.2 Å². The molecule has 0 heterocycles. The summed E-state index contributed by atoms with van der Waals surface area (Å²) in [6.45, 7) is 7.55. The maximum atomic E-state index is 11.6. The number of carbonyl (C=O) groups is 1. The third kappa shape index (κ3) is 7.83. The smallest absolute Gasteiger partial charge is 0.319 e. The van der Waals surface area contributed by atoms with E-state index in [-0.39, 0.29) is 12.1 Å². The van der Waals surface area contributed by atoms with Crippen LogP contribution in [0.1, 0.15) is 39.2 Å². The molecule has 1 rings (SSSR count). The van der Waals surface area contributed by atoms with Crippen molar-refractivity contribution in [2.24, 2.45) is 0 Å². The van der Waals surface area contributed by atoms with Gasteiger partial charge in [0.05, 0.1) is 0 Å². The molecule has 1 aromatic carbocycles. The highest BCUT2D eigenvalue weighted by atomic mass is 32.1. The third-order valence-electron chi connectivity index (χ3n) is 2.90. The molecular weight excluding hydrogens is 296 g/mol. The third-order valence-corrected chi connectivity index (χ3v) is 3.19. The van der Waals surface area contributed by atoms with Crippen LogP contribution in [0, 0.1) is 0 Å². The molecule has 0 aliphatic rings. The molecule has 0 aliphatic heterocycles. The Bertz CT molecular complexity index is 474. The van der Waals surface area contributed by atoms with Crippen LogP contribution < -0.4 is 21.3 Å². The molecule has 22 heavy (non-hydrogen) atoms. The number of urea groups is 1. The van der Waals surface area contributed by atoms with E-state index in [1.807, 2.05) is 38.1 Å². The molecule has 2 amide bonds. The number of unbranched alkanes of at least 4 members (excludes halogenated alkanes) is 1. The van der Waals surface area contributed by atoms with Gasteiger partial charge in [0, 0.05) is 24.8 Å². The number of hydrogen-bond acceptors (Lipinski definition) is 2. The standard InChI is InChI=1S/C16H26N4OS/c1-4-5-10-17-16(22)18-11-13-6-8-14(9-7-13)20-15(21)19-12(2)3/h6-9,12H,4-5,10-11H2,1-3H3,(H2,17,18,22)(H2,19,20,21). The normalized spacial score (nSPS) is 10.2. The fraction of sp³-hybridized carbons (Fsp3) is 0.500. The Labute approximate surface area is 138 Å². The van der Waals surface area contributed by atoms with Crippen LogP contribution in [0.4, 0.5) is 10.5 Å². The minimum absolute atomic E-state index is 0.115. The Morgan fingerprint density at radius 1 is 1.18 bits per heavy atom. The molecule has 0 spiro atoms. The maximum Gasteiger partial charge on any atom is 0.319 e. The van der Waals surface area contributed by atoms with Gasteiger partial charge in [0.25, 0.3) is 0 Å². The number of thiocarbonyl (C=S) groups is 1. The second-order valence-corrected chi connectivity index (χ2v) is 5.82. The zero-order valence-electron chi connectivity index (χ0n) is 13.5. The maximum absolute atomic E-state index is 11.6. The molecule has 0 atom stereocenters. The van der Waals surface area contributed by atoms with Gasteiger partial charge in [-0.15, -0.1) is 0 Å². The molecule has 0 saturated carbocycles. The minimum atomic E-state index is -0.192. The van der Waals surface area contributed by atoms with E-state index in [0.717, 1.165) is 30.6 Å². The largest absolute Gasteiger partial charge is 0.363 e. The first-order valence-corrected chi connectivity index (χ1v) is 8.10. The first-order valence-electron chi connectivity index (χ1n) is 7.69. The first kappa shape index (κ1) is 18.2. The lowest BCUT2D eigenvalue weighted by Gasteiger charge is -2.12. The van der Waals surface area contributed by atoms with E-state index >= 15 is 0 Å². The highest BCUT2D eigenvalue weighted by Crippen LogP contribution is 2.09. The second-order valence-electron chi connectivity index (χ2n) is 5.41. The molecule has 122 valence electrons. The van der Waals surface area contributed by atoms with Gasteiger partial charge >= 0.3 is 6.03 Å². The minimum Gasteiger partial charge on any atom is -0.363 e. The van der Waals surface area contributed by atoms with Gasteiger partial charge < -0.3 is 21.3 Å². The molecule has 0 saturated heterocycles. The quantitative estimate of drug-likeness (QED) is 0.460. The van der Waals surface area contributed by atoms with E-state index in [9.17, 15) is 4.79 Å². The van der Waals surface area contributed by atoms with Crippen molar-refractivity contribution in [3.05, 3.63) is 29.8 Å². The molecule has 0 radical (unpaired) electrons. The Kier molecular flexibility index (Phi) is 8.28. The summed E-state index contributed by atoms with van der Waals surface area (Å²) in [6.07, 6.45) is 2.26. The Morgan fingerprint density at radius 3 is 2.45 bits per heavy atom. The molecule has 5 nitrogen and oxygen atoms in total. The molecular formula is C16H26N4OS. The van der Waals surface area contributed by atoms with Gasteiger partial charge in [-0.3, -0.25) is 0 Å². The predicted molar refractivity (Wildman–Crippen MR) is 96.1 cm³/mol. The molecule has 6 heteroatoms. The van der Waals surface area contributed by atoms with E-state index in [1.54, 1.807) is 0 Å². The summed E-state index contributed by atoms with van der Waals surface area (Å²) < 4.78 is 0. The first-order chi connectivity index (χ1) is 10.5. The summed E-state index contributed by atoms with van der Waals surface area (Å²) in [5.41, 5.74) is 1.88. The summed E-state index contributed by atoms with van der Waals surface area (Å²) in [7, 11) is 0. The fourth-order valence-corrected chi connectivity index (χ4v) is 1.93. The van der Waals surface area contributed by atoms with Crippen LogP contribution in [0.5, 0.6) is 0 Å². The highest BCUT2D eigenvalue weighted by molar-refractivity contribution is 7.80. The van der Waals surface area contributed by atoms with E-state index in [4.69, 9.17) is 12.2 Å². The van der Waals surface area contributed by atoms with Crippen molar-refractivity contribution in [1.82, 2.24) is 16.0 Å². The van der Waals surface area contributed by atoms with Gasteiger partial charge in [0.2, 0.25) is 0 Å². The van der Waals surface area contributed by atoms with E-state index < -0.39 is 0 Å². The topological polar surface area (TPSA) is 65.2 Å². The van der Waals surface area contributed by atoms with Crippen LogP contribution in [0.15, 0.2) is 24.3 Å². The van der Waals surface area contributed by atoms with Gasteiger partial charge in [0.15, 0.2) is 5.11 Å². The Morgan fingerprint density at radius 2 is 1.86 bits per heavy atom. The van der Waals surface area contributed by atoms with Crippen molar-refractivity contribution >= 4 is 29.0 Å². The van der Waals surface area contributed by atoms with Crippen molar-refractivity contribution in [2.75, 3.05) is 11.9 Å². The molecule has 0 aromatic heterocycles. The van der Waals surface area contributed by atoms with Crippen molar-refractivity contribution in [2.45, 2.75) is 46.2 Å². The number of rotatable bonds is 7. The Hall–Kier alpha value is -1.82. The van der Waals surface area contributed by atoms with Gasteiger partial charge in [-0.1, -0.05) is 25.5 Å². The van der Waals surface area contributed by atoms with Gasteiger partial charge in [-0.25, -0.2) is 4.79 Å². The molecule has 0 fully saturated rings. The fourth-order valence-electron chi connectivity index (χ4n) is 1.76. The zero-order valence-corrected chi connectivity index (χ0v) is 14.3. The summed E-state index contributed by atoms with van der Waals surface area (Å²) >= 11 is 5.20. The van der Waals surface area contributed by atoms with Crippen LogP contribution >= 0.6 is 12.2 Å². The van der Waals surface area contributed by atoms with Crippen LogP contribution in [0.25, 0.3) is 0 Å². The number of anilines is 1. The molecule has 0 aliphatic carbocycles. The van der Waals surface area contributed by atoms with Gasteiger partial charge in [0.1, 0.15) is 0 Å². The zero-order chi connectivity index (χ0) is 16.4. The monoisotopic (exact) mass is 322 g/mol. The van der Waals surface area contributed by atoms with Gasteiger partial charge in [-0.05, 0) is 50.2 Å². The lowest BCUT2D eigenvalue weighted by Crippen LogP contribution is -2.35. The Balaban J connectivity index is 2.35. The second kappa shape index (κ2) is 10.00. The van der Waals surface area contributed by atoms with Crippen LogP contribution in [-0.4, -0.2) is 23.7 Å². The molecule has 4 N–H and O–H groups in total. The average molecular weight is 322 g/mol. The van der Waals surface area contributed by atoms with Crippen molar-refractivity contribution in [3.8, 4) is 0 Å². The lowest BCUT2D eigenvalue weighted by atomic mass is 10.2. The number of carbonyl (C=O) groups excluding carboxylic acids is 1. The number of hydrogen-bond donors (Lipinski definition) is 4. The predicted octanol–water partition coefficient (Wildman–Crippen LogP) is 2.98. The van der Waals surface area contributed by atoms with Crippen LogP contribution in [0.2, 0.25) is 0 Å². The molecule has 1 aromatic rings. The number of amides is 2. The lowest BCUT2D eigenvalue weighted by molar-refractivity contribution is 0.250. The van der Waals surface area contributed by atoms with E-state index in [0.29, 0.717) is 11.7 Å².